The lowest BCUT2D eigenvalue weighted by Gasteiger charge is -2.28. The van der Waals surface area contributed by atoms with E-state index in [2.05, 4.69) is 11.8 Å². The zero-order chi connectivity index (χ0) is 13.7. The number of carbonyl (C=O) groups is 1. The molecule has 1 aliphatic rings. The van der Waals surface area contributed by atoms with Gasteiger partial charge in [0.05, 0.1) is 19.3 Å². The van der Waals surface area contributed by atoms with E-state index in [1.807, 2.05) is 18.2 Å². The number of hydrogen-bond donors (Lipinski definition) is 1. The third kappa shape index (κ3) is 3.07. The van der Waals surface area contributed by atoms with Crippen LogP contribution in [0.15, 0.2) is 18.2 Å². The van der Waals surface area contributed by atoms with Crippen molar-refractivity contribution in [1.29, 1.82) is 0 Å². The fraction of sp³-hybridized carbons (Fsp3) is 0.400. The molecule has 0 aromatic heterocycles. The monoisotopic (exact) mass is 258 g/mol. The maximum Gasteiger partial charge on any atom is 0.227 e. The third-order valence-electron chi connectivity index (χ3n) is 3.13. The molecule has 2 N–H and O–H groups in total. The zero-order valence-corrected chi connectivity index (χ0v) is 11.1. The van der Waals surface area contributed by atoms with Gasteiger partial charge in [0.15, 0.2) is 0 Å². The Hall–Kier alpha value is -1.99. The SMILES string of the molecule is COc1ccc(C#CCN)cc1N1CCCCC1=O. The van der Waals surface area contributed by atoms with Gasteiger partial charge >= 0.3 is 0 Å². The normalized spacial score (nSPS) is 14.8. The second-order valence-electron chi connectivity index (χ2n) is 4.40. The maximum absolute atomic E-state index is 12.0. The smallest absolute Gasteiger partial charge is 0.227 e. The van der Waals surface area contributed by atoms with Crippen molar-refractivity contribution >= 4 is 11.6 Å². The molecule has 1 fully saturated rings. The minimum absolute atomic E-state index is 0.147. The number of carbonyl (C=O) groups excluding carboxylic acids is 1. The number of amides is 1. The molecule has 0 radical (unpaired) electrons. The van der Waals surface area contributed by atoms with Gasteiger partial charge in [-0.3, -0.25) is 4.79 Å². The number of methoxy groups -OCH3 is 1. The molecular weight excluding hydrogens is 240 g/mol. The van der Waals surface area contributed by atoms with Crippen LogP contribution in [0, 0.1) is 11.8 Å². The van der Waals surface area contributed by atoms with Crippen LogP contribution in [0.4, 0.5) is 5.69 Å². The summed E-state index contributed by atoms with van der Waals surface area (Å²) >= 11 is 0. The molecule has 1 amide bonds. The van der Waals surface area contributed by atoms with Crippen LogP contribution in [0.1, 0.15) is 24.8 Å². The molecule has 1 heterocycles. The largest absolute Gasteiger partial charge is 0.495 e. The summed E-state index contributed by atoms with van der Waals surface area (Å²) in [5.41, 5.74) is 7.02. The zero-order valence-electron chi connectivity index (χ0n) is 11.1. The fourth-order valence-corrected chi connectivity index (χ4v) is 2.19. The van der Waals surface area contributed by atoms with Gasteiger partial charge < -0.3 is 15.4 Å². The first-order chi connectivity index (χ1) is 9.26. The minimum Gasteiger partial charge on any atom is -0.495 e. The minimum atomic E-state index is 0.147. The molecular formula is C15H18N2O2. The Morgan fingerprint density at radius 3 is 2.95 bits per heavy atom. The summed E-state index contributed by atoms with van der Waals surface area (Å²) in [7, 11) is 1.61. The van der Waals surface area contributed by atoms with E-state index in [-0.39, 0.29) is 5.91 Å². The van der Waals surface area contributed by atoms with Crippen molar-refractivity contribution in [3.63, 3.8) is 0 Å². The lowest BCUT2D eigenvalue weighted by molar-refractivity contribution is -0.119. The Balaban J connectivity index is 2.37. The highest BCUT2D eigenvalue weighted by Crippen LogP contribution is 2.31. The van der Waals surface area contributed by atoms with Gasteiger partial charge in [0, 0.05) is 18.5 Å². The summed E-state index contributed by atoms with van der Waals surface area (Å²) < 4.78 is 5.34. The van der Waals surface area contributed by atoms with Gasteiger partial charge in [0.1, 0.15) is 5.75 Å². The highest BCUT2D eigenvalue weighted by molar-refractivity contribution is 5.95. The average Bonchev–Trinajstić information content (AvgIpc) is 2.45. The first-order valence-electron chi connectivity index (χ1n) is 6.43. The Kier molecular flexibility index (Phi) is 4.43. The van der Waals surface area contributed by atoms with Crippen molar-refractivity contribution < 1.29 is 9.53 Å². The van der Waals surface area contributed by atoms with Crippen LogP contribution in [0.25, 0.3) is 0 Å². The van der Waals surface area contributed by atoms with E-state index >= 15 is 0 Å². The summed E-state index contributed by atoms with van der Waals surface area (Å²) in [6, 6.07) is 5.61. The number of hydrogen-bond acceptors (Lipinski definition) is 3. The van der Waals surface area contributed by atoms with Gasteiger partial charge in [-0.25, -0.2) is 0 Å². The fourth-order valence-electron chi connectivity index (χ4n) is 2.19. The van der Waals surface area contributed by atoms with E-state index in [4.69, 9.17) is 10.5 Å². The molecule has 4 nitrogen and oxygen atoms in total. The molecule has 1 saturated heterocycles. The van der Waals surface area contributed by atoms with E-state index in [0.717, 1.165) is 30.6 Å². The number of benzene rings is 1. The molecule has 1 aromatic rings. The summed E-state index contributed by atoms with van der Waals surface area (Å²) in [6.45, 7) is 1.06. The molecule has 0 unspecified atom stereocenters. The molecule has 0 atom stereocenters. The molecule has 2 rings (SSSR count). The summed E-state index contributed by atoms with van der Waals surface area (Å²) in [6.07, 6.45) is 2.58. The van der Waals surface area contributed by atoms with Gasteiger partial charge in [-0.1, -0.05) is 11.8 Å². The van der Waals surface area contributed by atoms with Crippen LogP contribution >= 0.6 is 0 Å². The highest BCUT2D eigenvalue weighted by atomic mass is 16.5. The summed E-state index contributed by atoms with van der Waals surface area (Å²) in [4.78, 5) is 13.8. The highest BCUT2D eigenvalue weighted by Gasteiger charge is 2.22. The molecule has 100 valence electrons. The number of nitrogens with zero attached hydrogens (tertiary/aromatic N) is 1. The Bertz CT molecular complexity index is 529. The van der Waals surface area contributed by atoms with Crippen molar-refractivity contribution in [3.05, 3.63) is 23.8 Å². The predicted molar refractivity (Wildman–Crippen MR) is 75.1 cm³/mol. The number of anilines is 1. The topological polar surface area (TPSA) is 55.6 Å². The second kappa shape index (κ2) is 6.26. The van der Waals surface area contributed by atoms with Crippen molar-refractivity contribution in [3.8, 4) is 17.6 Å². The van der Waals surface area contributed by atoms with Crippen molar-refractivity contribution in [1.82, 2.24) is 0 Å². The average molecular weight is 258 g/mol. The quantitative estimate of drug-likeness (QED) is 0.818. The molecule has 4 heteroatoms. The Morgan fingerprint density at radius 1 is 1.42 bits per heavy atom. The maximum atomic E-state index is 12.0. The van der Waals surface area contributed by atoms with E-state index in [1.54, 1.807) is 12.0 Å². The van der Waals surface area contributed by atoms with Crippen LogP contribution in [-0.2, 0) is 4.79 Å². The number of ether oxygens (including phenoxy) is 1. The molecule has 0 spiro atoms. The van der Waals surface area contributed by atoms with Gasteiger partial charge in [-0.2, -0.15) is 0 Å². The van der Waals surface area contributed by atoms with E-state index in [0.29, 0.717) is 18.7 Å². The predicted octanol–water partition coefficient (Wildman–Crippen LogP) is 1.52. The lowest BCUT2D eigenvalue weighted by Crippen LogP contribution is -2.35. The van der Waals surface area contributed by atoms with Crippen molar-refractivity contribution in [2.24, 2.45) is 5.73 Å². The van der Waals surface area contributed by atoms with Crippen LogP contribution in [0.2, 0.25) is 0 Å². The molecule has 0 aliphatic carbocycles. The number of nitrogens with two attached hydrogens (primary N) is 1. The Labute approximate surface area is 113 Å². The standard InChI is InChI=1S/C15H18N2O2/c1-19-14-8-7-12(5-4-9-16)11-13(14)17-10-3-2-6-15(17)18/h7-8,11H,2-3,6,9-10,16H2,1H3. The van der Waals surface area contributed by atoms with Gasteiger partial charge in [-0.05, 0) is 31.0 Å². The Morgan fingerprint density at radius 2 is 2.26 bits per heavy atom. The van der Waals surface area contributed by atoms with Crippen LogP contribution in [0.5, 0.6) is 5.75 Å². The number of piperidine rings is 1. The van der Waals surface area contributed by atoms with Crippen molar-refractivity contribution in [2.75, 3.05) is 25.1 Å². The van der Waals surface area contributed by atoms with Gasteiger partial charge in [0.2, 0.25) is 5.91 Å². The van der Waals surface area contributed by atoms with E-state index < -0.39 is 0 Å². The molecule has 19 heavy (non-hydrogen) atoms. The molecule has 1 aromatic carbocycles. The second-order valence-corrected chi connectivity index (χ2v) is 4.40. The van der Waals surface area contributed by atoms with Crippen LogP contribution < -0.4 is 15.4 Å². The van der Waals surface area contributed by atoms with E-state index in [1.165, 1.54) is 0 Å². The third-order valence-corrected chi connectivity index (χ3v) is 3.13. The summed E-state index contributed by atoms with van der Waals surface area (Å²) in [5.74, 6) is 6.65. The summed E-state index contributed by atoms with van der Waals surface area (Å²) in [5, 5.41) is 0. The van der Waals surface area contributed by atoms with Crippen LogP contribution in [-0.4, -0.2) is 26.1 Å². The lowest BCUT2D eigenvalue weighted by atomic mass is 10.1. The van der Waals surface area contributed by atoms with Crippen molar-refractivity contribution in [2.45, 2.75) is 19.3 Å². The molecule has 0 saturated carbocycles. The first-order valence-corrected chi connectivity index (χ1v) is 6.43. The molecule has 0 bridgehead atoms. The van der Waals surface area contributed by atoms with Gasteiger partial charge in [0.25, 0.3) is 0 Å². The van der Waals surface area contributed by atoms with Crippen LogP contribution in [0.3, 0.4) is 0 Å². The van der Waals surface area contributed by atoms with Gasteiger partial charge in [-0.15, -0.1) is 0 Å². The number of rotatable bonds is 2. The first kappa shape index (κ1) is 13.4. The van der Waals surface area contributed by atoms with E-state index in [9.17, 15) is 4.79 Å². The molecule has 1 aliphatic heterocycles.